The highest BCUT2D eigenvalue weighted by atomic mass is 15.1. The van der Waals surface area contributed by atoms with Crippen molar-refractivity contribution in [3.63, 3.8) is 0 Å². The van der Waals surface area contributed by atoms with Crippen molar-refractivity contribution in [2.75, 3.05) is 19.6 Å². The van der Waals surface area contributed by atoms with Crippen LogP contribution in [0.25, 0.3) is 0 Å². The maximum Gasteiger partial charge on any atom is 0.00980 e. The molecule has 17 heavy (non-hydrogen) atoms. The Kier molecular flexibility index (Phi) is 4.87. The number of likely N-dealkylation sites (tertiary alicyclic amines) is 1. The summed E-state index contributed by atoms with van der Waals surface area (Å²) in [6.07, 6.45) is 6.94. The van der Waals surface area contributed by atoms with Crippen molar-refractivity contribution in [3.8, 4) is 0 Å². The van der Waals surface area contributed by atoms with Gasteiger partial charge in [0.15, 0.2) is 0 Å². The fourth-order valence-electron chi connectivity index (χ4n) is 3.78. The van der Waals surface area contributed by atoms with E-state index in [0.717, 1.165) is 23.9 Å². The van der Waals surface area contributed by atoms with E-state index < -0.39 is 0 Å². The Morgan fingerprint density at radius 2 is 1.76 bits per heavy atom. The lowest BCUT2D eigenvalue weighted by atomic mass is 9.92. The van der Waals surface area contributed by atoms with Gasteiger partial charge in [-0.05, 0) is 57.2 Å². The van der Waals surface area contributed by atoms with E-state index in [9.17, 15) is 0 Å². The quantitative estimate of drug-likeness (QED) is 0.810. The standard InChI is InChI=1S/C15H30N2/c1-4-13-6-7-15(12(13)3)16-14-8-10-17(5-2)11-9-14/h12-16H,4-11H2,1-3H3. The summed E-state index contributed by atoms with van der Waals surface area (Å²) in [4.78, 5) is 2.57. The molecule has 100 valence electrons. The molecule has 1 N–H and O–H groups in total. The van der Waals surface area contributed by atoms with Gasteiger partial charge in [-0.2, -0.15) is 0 Å². The van der Waals surface area contributed by atoms with Crippen LogP contribution < -0.4 is 5.32 Å². The second kappa shape index (κ2) is 6.19. The molecule has 3 atom stereocenters. The Morgan fingerprint density at radius 3 is 2.29 bits per heavy atom. The topological polar surface area (TPSA) is 15.3 Å². The van der Waals surface area contributed by atoms with E-state index in [4.69, 9.17) is 0 Å². The molecule has 1 saturated carbocycles. The van der Waals surface area contributed by atoms with Crippen LogP contribution in [0.1, 0.15) is 52.9 Å². The van der Waals surface area contributed by atoms with Crippen LogP contribution >= 0.6 is 0 Å². The highest BCUT2D eigenvalue weighted by Crippen LogP contribution is 2.34. The molecular formula is C15H30N2. The smallest absolute Gasteiger partial charge is 0.00980 e. The van der Waals surface area contributed by atoms with Gasteiger partial charge >= 0.3 is 0 Å². The van der Waals surface area contributed by atoms with Gasteiger partial charge in [-0.3, -0.25) is 0 Å². The monoisotopic (exact) mass is 238 g/mol. The summed E-state index contributed by atoms with van der Waals surface area (Å²) in [5.74, 6) is 1.87. The summed E-state index contributed by atoms with van der Waals surface area (Å²) in [6.45, 7) is 10.9. The highest BCUT2D eigenvalue weighted by molar-refractivity contribution is 4.89. The molecule has 0 bridgehead atoms. The van der Waals surface area contributed by atoms with Crippen LogP contribution in [-0.2, 0) is 0 Å². The zero-order chi connectivity index (χ0) is 12.3. The molecule has 1 aliphatic carbocycles. The van der Waals surface area contributed by atoms with Gasteiger partial charge in [-0.15, -0.1) is 0 Å². The lowest BCUT2D eigenvalue weighted by Crippen LogP contribution is -2.47. The van der Waals surface area contributed by atoms with Crippen LogP contribution in [0.15, 0.2) is 0 Å². The molecule has 2 rings (SSSR count). The molecule has 0 aromatic carbocycles. The molecular weight excluding hydrogens is 208 g/mol. The molecule has 3 unspecified atom stereocenters. The minimum absolute atomic E-state index is 0.792. The number of nitrogens with zero attached hydrogens (tertiary/aromatic N) is 1. The van der Waals surface area contributed by atoms with E-state index >= 15 is 0 Å². The first-order valence-corrected chi connectivity index (χ1v) is 7.73. The zero-order valence-electron chi connectivity index (χ0n) is 11.9. The summed E-state index contributed by atoms with van der Waals surface area (Å²) in [6, 6.07) is 1.60. The van der Waals surface area contributed by atoms with Gasteiger partial charge in [0.2, 0.25) is 0 Å². The van der Waals surface area contributed by atoms with E-state index in [1.54, 1.807) is 0 Å². The van der Waals surface area contributed by atoms with Crippen LogP contribution in [0.2, 0.25) is 0 Å². The third-order valence-corrected chi connectivity index (χ3v) is 5.24. The second-order valence-electron chi connectivity index (χ2n) is 6.09. The molecule has 1 saturated heterocycles. The summed E-state index contributed by atoms with van der Waals surface area (Å²) >= 11 is 0. The van der Waals surface area contributed by atoms with E-state index in [-0.39, 0.29) is 0 Å². The van der Waals surface area contributed by atoms with E-state index in [1.165, 1.54) is 51.7 Å². The number of hydrogen-bond donors (Lipinski definition) is 1. The largest absolute Gasteiger partial charge is 0.311 e. The summed E-state index contributed by atoms with van der Waals surface area (Å²) in [5.41, 5.74) is 0. The lowest BCUT2D eigenvalue weighted by Gasteiger charge is -2.34. The van der Waals surface area contributed by atoms with Crippen molar-refractivity contribution in [3.05, 3.63) is 0 Å². The molecule has 2 aliphatic rings. The van der Waals surface area contributed by atoms with Gasteiger partial charge in [-0.25, -0.2) is 0 Å². The molecule has 0 aromatic heterocycles. The average molecular weight is 238 g/mol. The summed E-state index contributed by atoms with van der Waals surface area (Å²) in [5, 5.41) is 3.95. The maximum atomic E-state index is 3.95. The first-order chi connectivity index (χ1) is 8.24. The maximum absolute atomic E-state index is 3.95. The molecule has 2 fully saturated rings. The predicted molar refractivity (Wildman–Crippen MR) is 74.2 cm³/mol. The van der Waals surface area contributed by atoms with Gasteiger partial charge in [0.05, 0.1) is 0 Å². The van der Waals surface area contributed by atoms with Crippen molar-refractivity contribution >= 4 is 0 Å². The first kappa shape index (κ1) is 13.4. The minimum Gasteiger partial charge on any atom is -0.311 e. The molecule has 2 nitrogen and oxygen atoms in total. The van der Waals surface area contributed by atoms with Gasteiger partial charge < -0.3 is 10.2 Å². The van der Waals surface area contributed by atoms with E-state index in [2.05, 4.69) is 31.0 Å². The van der Waals surface area contributed by atoms with Gasteiger partial charge in [-0.1, -0.05) is 27.2 Å². The fourth-order valence-corrected chi connectivity index (χ4v) is 3.78. The van der Waals surface area contributed by atoms with Gasteiger partial charge in [0, 0.05) is 12.1 Å². The Hall–Kier alpha value is -0.0800. The predicted octanol–water partition coefficient (Wildman–Crippen LogP) is 2.89. The lowest BCUT2D eigenvalue weighted by molar-refractivity contribution is 0.190. The molecule has 1 heterocycles. The van der Waals surface area contributed by atoms with Crippen LogP contribution in [0.3, 0.4) is 0 Å². The van der Waals surface area contributed by atoms with E-state index in [1.807, 2.05) is 0 Å². The molecule has 0 spiro atoms. The third-order valence-electron chi connectivity index (χ3n) is 5.24. The number of piperidine rings is 1. The van der Waals surface area contributed by atoms with Crippen LogP contribution in [-0.4, -0.2) is 36.6 Å². The van der Waals surface area contributed by atoms with Crippen LogP contribution in [0.4, 0.5) is 0 Å². The first-order valence-electron chi connectivity index (χ1n) is 7.73. The van der Waals surface area contributed by atoms with Gasteiger partial charge in [0.1, 0.15) is 0 Å². The normalized spacial score (nSPS) is 36.5. The Balaban J connectivity index is 1.75. The Morgan fingerprint density at radius 1 is 1.06 bits per heavy atom. The number of rotatable bonds is 4. The third kappa shape index (κ3) is 3.23. The second-order valence-corrected chi connectivity index (χ2v) is 6.09. The number of nitrogens with one attached hydrogen (secondary N) is 1. The Bertz CT molecular complexity index is 221. The highest BCUT2D eigenvalue weighted by Gasteiger charge is 2.33. The zero-order valence-corrected chi connectivity index (χ0v) is 11.9. The molecule has 0 aromatic rings. The van der Waals surface area contributed by atoms with Crippen LogP contribution in [0.5, 0.6) is 0 Å². The number of hydrogen-bond acceptors (Lipinski definition) is 2. The Labute approximate surface area is 107 Å². The SMILES string of the molecule is CCC1CCC(NC2CCN(CC)CC2)C1C. The van der Waals surface area contributed by atoms with Crippen molar-refractivity contribution in [2.45, 2.75) is 65.0 Å². The van der Waals surface area contributed by atoms with Crippen molar-refractivity contribution in [1.29, 1.82) is 0 Å². The molecule has 0 amide bonds. The summed E-state index contributed by atoms with van der Waals surface area (Å²) < 4.78 is 0. The van der Waals surface area contributed by atoms with Crippen LogP contribution in [0, 0.1) is 11.8 Å². The minimum atomic E-state index is 0.792. The average Bonchev–Trinajstić information content (AvgIpc) is 2.71. The fraction of sp³-hybridized carbons (Fsp3) is 1.00. The van der Waals surface area contributed by atoms with Crippen molar-refractivity contribution in [1.82, 2.24) is 10.2 Å². The summed E-state index contributed by atoms with van der Waals surface area (Å²) in [7, 11) is 0. The molecule has 0 radical (unpaired) electrons. The van der Waals surface area contributed by atoms with Gasteiger partial charge in [0.25, 0.3) is 0 Å². The van der Waals surface area contributed by atoms with E-state index in [0.29, 0.717) is 0 Å². The van der Waals surface area contributed by atoms with Crippen molar-refractivity contribution < 1.29 is 0 Å². The molecule has 2 heteroatoms. The van der Waals surface area contributed by atoms with Crippen molar-refractivity contribution in [2.24, 2.45) is 11.8 Å². The molecule has 1 aliphatic heterocycles.